The van der Waals surface area contributed by atoms with Crippen LogP contribution in [0, 0.1) is 20.8 Å². The van der Waals surface area contributed by atoms with Crippen molar-refractivity contribution in [3.8, 4) is 0 Å². The zero-order valence-corrected chi connectivity index (χ0v) is 13.1. The fraction of sp³-hybridized carbons (Fsp3) is 0.353. The summed E-state index contributed by atoms with van der Waals surface area (Å²) >= 11 is 1.75. The standard InChI is InChI=1S/C17H21NOS/c1-12-10-13(2)17(14(3)11-12)18-16(19)8-4-6-15-7-5-9-20-15/h5,7,9-11H,4,6,8H2,1-3H3,(H,18,19). The summed E-state index contributed by atoms with van der Waals surface area (Å²) in [5.41, 5.74) is 4.47. The molecule has 0 radical (unpaired) electrons. The Labute approximate surface area is 124 Å². The Morgan fingerprint density at radius 2 is 1.90 bits per heavy atom. The topological polar surface area (TPSA) is 29.1 Å². The third-order valence-corrected chi connectivity index (χ3v) is 4.28. The van der Waals surface area contributed by atoms with Crippen LogP contribution in [0.4, 0.5) is 5.69 Å². The third kappa shape index (κ3) is 3.94. The largest absolute Gasteiger partial charge is 0.326 e. The van der Waals surface area contributed by atoms with Gasteiger partial charge in [-0.15, -0.1) is 11.3 Å². The molecule has 1 N–H and O–H groups in total. The van der Waals surface area contributed by atoms with Crippen LogP contribution in [0.25, 0.3) is 0 Å². The first kappa shape index (κ1) is 14.8. The molecule has 0 aliphatic carbocycles. The van der Waals surface area contributed by atoms with Gasteiger partial charge in [0.2, 0.25) is 5.91 Å². The molecule has 2 nitrogen and oxygen atoms in total. The molecular weight excluding hydrogens is 266 g/mol. The minimum atomic E-state index is 0.108. The number of hydrogen-bond donors (Lipinski definition) is 1. The second kappa shape index (κ2) is 6.71. The Morgan fingerprint density at radius 1 is 1.20 bits per heavy atom. The number of hydrogen-bond acceptors (Lipinski definition) is 2. The summed E-state index contributed by atoms with van der Waals surface area (Å²) in [5.74, 6) is 0.108. The van der Waals surface area contributed by atoms with Crippen LogP contribution in [0.5, 0.6) is 0 Å². The first-order valence-corrected chi connectivity index (χ1v) is 7.84. The lowest BCUT2D eigenvalue weighted by Gasteiger charge is -2.12. The van der Waals surface area contributed by atoms with Crippen LogP contribution in [0.3, 0.4) is 0 Å². The second-order valence-corrected chi connectivity index (χ2v) is 6.29. The molecule has 0 fully saturated rings. The molecule has 0 aliphatic rings. The number of nitrogens with one attached hydrogen (secondary N) is 1. The highest BCUT2D eigenvalue weighted by molar-refractivity contribution is 7.09. The molecule has 1 heterocycles. The molecule has 0 spiro atoms. The average Bonchev–Trinajstić information content (AvgIpc) is 2.87. The van der Waals surface area contributed by atoms with Crippen LogP contribution in [-0.2, 0) is 11.2 Å². The first-order valence-electron chi connectivity index (χ1n) is 6.96. The maximum atomic E-state index is 12.0. The normalized spacial score (nSPS) is 10.6. The van der Waals surface area contributed by atoms with Gasteiger partial charge in [0.15, 0.2) is 0 Å². The molecule has 0 unspecified atom stereocenters. The van der Waals surface area contributed by atoms with Crippen LogP contribution in [0.15, 0.2) is 29.6 Å². The number of carbonyl (C=O) groups excluding carboxylic acids is 1. The van der Waals surface area contributed by atoms with Crippen molar-refractivity contribution in [2.45, 2.75) is 40.0 Å². The highest BCUT2D eigenvalue weighted by Crippen LogP contribution is 2.22. The Bertz CT molecular complexity index is 564. The van der Waals surface area contributed by atoms with Gasteiger partial charge >= 0.3 is 0 Å². The van der Waals surface area contributed by atoms with Crippen LogP contribution < -0.4 is 5.32 Å². The van der Waals surface area contributed by atoms with Gasteiger partial charge in [-0.1, -0.05) is 23.8 Å². The maximum absolute atomic E-state index is 12.0. The number of carbonyl (C=O) groups is 1. The summed E-state index contributed by atoms with van der Waals surface area (Å²) in [7, 11) is 0. The molecule has 0 saturated carbocycles. The Hall–Kier alpha value is -1.61. The zero-order valence-electron chi connectivity index (χ0n) is 12.3. The van der Waals surface area contributed by atoms with Gasteiger partial charge in [-0.05, 0) is 56.2 Å². The SMILES string of the molecule is Cc1cc(C)c(NC(=O)CCCc2cccs2)c(C)c1. The van der Waals surface area contributed by atoms with E-state index in [-0.39, 0.29) is 5.91 Å². The summed E-state index contributed by atoms with van der Waals surface area (Å²) in [5, 5.41) is 5.13. The molecule has 0 aliphatic heterocycles. The van der Waals surface area contributed by atoms with Crippen molar-refractivity contribution in [3.05, 3.63) is 51.2 Å². The van der Waals surface area contributed by atoms with E-state index in [0.717, 1.165) is 29.7 Å². The highest BCUT2D eigenvalue weighted by Gasteiger charge is 2.08. The van der Waals surface area contributed by atoms with Crippen molar-refractivity contribution >= 4 is 22.9 Å². The van der Waals surface area contributed by atoms with E-state index in [2.05, 4.69) is 41.9 Å². The van der Waals surface area contributed by atoms with Crippen LogP contribution in [-0.4, -0.2) is 5.91 Å². The maximum Gasteiger partial charge on any atom is 0.224 e. The van der Waals surface area contributed by atoms with Crippen LogP contribution in [0.1, 0.15) is 34.4 Å². The summed E-state index contributed by atoms with van der Waals surface area (Å²) in [6.45, 7) is 6.16. The molecule has 2 rings (SSSR count). The van der Waals surface area contributed by atoms with Crippen molar-refractivity contribution in [2.75, 3.05) is 5.32 Å². The van der Waals surface area contributed by atoms with Crippen molar-refractivity contribution in [2.24, 2.45) is 0 Å². The zero-order chi connectivity index (χ0) is 14.5. The summed E-state index contributed by atoms with van der Waals surface area (Å²) in [4.78, 5) is 13.4. The molecule has 2 aromatic rings. The highest BCUT2D eigenvalue weighted by atomic mass is 32.1. The fourth-order valence-corrected chi connectivity index (χ4v) is 3.21. The summed E-state index contributed by atoms with van der Waals surface area (Å²) in [6, 6.07) is 8.39. The number of aryl methyl sites for hydroxylation is 4. The fourth-order valence-electron chi connectivity index (χ4n) is 2.46. The van der Waals surface area contributed by atoms with E-state index in [1.165, 1.54) is 10.4 Å². The van der Waals surface area contributed by atoms with E-state index >= 15 is 0 Å². The monoisotopic (exact) mass is 287 g/mol. The number of anilines is 1. The molecule has 3 heteroatoms. The first-order chi connectivity index (χ1) is 9.56. The molecule has 1 aromatic carbocycles. The van der Waals surface area contributed by atoms with Gasteiger partial charge in [0.25, 0.3) is 0 Å². The quantitative estimate of drug-likeness (QED) is 0.853. The number of benzene rings is 1. The number of thiophene rings is 1. The molecule has 0 bridgehead atoms. The Balaban J connectivity index is 1.88. The molecule has 0 saturated heterocycles. The van der Waals surface area contributed by atoms with E-state index in [0.29, 0.717) is 6.42 Å². The van der Waals surface area contributed by atoms with E-state index in [9.17, 15) is 4.79 Å². The molecule has 1 aromatic heterocycles. The average molecular weight is 287 g/mol. The van der Waals surface area contributed by atoms with Gasteiger partial charge in [0.05, 0.1) is 0 Å². The van der Waals surface area contributed by atoms with Gasteiger partial charge in [0, 0.05) is 17.0 Å². The smallest absolute Gasteiger partial charge is 0.224 e. The van der Waals surface area contributed by atoms with E-state index in [4.69, 9.17) is 0 Å². The van der Waals surface area contributed by atoms with E-state index < -0.39 is 0 Å². The summed E-state index contributed by atoms with van der Waals surface area (Å²) in [6.07, 6.45) is 2.46. The van der Waals surface area contributed by atoms with Crippen molar-refractivity contribution in [1.82, 2.24) is 0 Å². The lowest BCUT2D eigenvalue weighted by Crippen LogP contribution is -2.13. The third-order valence-electron chi connectivity index (χ3n) is 3.35. The van der Waals surface area contributed by atoms with Gasteiger partial charge in [-0.3, -0.25) is 4.79 Å². The van der Waals surface area contributed by atoms with Crippen molar-refractivity contribution in [3.63, 3.8) is 0 Å². The second-order valence-electron chi connectivity index (χ2n) is 5.25. The van der Waals surface area contributed by atoms with Crippen molar-refractivity contribution < 1.29 is 4.79 Å². The Kier molecular flexibility index (Phi) is 4.96. The molecule has 0 atom stereocenters. The van der Waals surface area contributed by atoms with Gasteiger partial charge < -0.3 is 5.32 Å². The molecule has 106 valence electrons. The van der Waals surface area contributed by atoms with Gasteiger partial charge in [-0.2, -0.15) is 0 Å². The predicted molar refractivity (Wildman–Crippen MR) is 86.5 cm³/mol. The minimum absolute atomic E-state index is 0.108. The Morgan fingerprint density at radius 3 is 2.50 bits per heavy atom. The van der Waals surface area contributed by atoms with Crippen LogP contribution >= 0.6 is 11.3 Å². The van der Waals surface area contributed by atoms with Crippen molar-refractivity contribution in [1.29, 1.82) is 0 Å². The summed E-state index contributed by atoms with van der Waals surface area (Å²) < 4.78 is 0. The van der Waals surface area contributed by atoms with Gasteiger partial charge in [-0.25, -0.2) is 0 Å². The van der Waals surface area contributed by atoms with Gasteiger partial charge in [0.1, 0.15) is 0 Å². The molecule has 1 amide bonds. The lowest BCUT2D eigenvalue weighted by molar-refractivity contribution is -0.116. The molecular formula is C17H21NOS. The number of amides is 1. The molecule has 20 heavy (non-hydrogen) atoms. The minimum Gasteiger partial charge on any atom is -0.326 e. The lowest BCUT2D eigenvalue weighted by atomic mass is 10.0. The number of rotatable bonds is 5. The van der Waals surface area contributed by atoms with E-state index in [1.54, 1.807) is 11.3 Å². The van der Waals surface area contributed by atoms with E-state index in [1.807, 2.05) is 13.8 Å². The van der Waals surface area contributed by atoms with Crippen LogP contribution in [0.2, 0.25) is 0 Å². The predicted octanol–water partition coefficient (Wildman–Crippen LogP) is 4.63.